The average molecular weight is 349 g/mol. The van der Waals surface area contributed by atoms with Crippen LogP contribution in [0.3, 0.4) is 0 Å². The minimum absolute atomic E-state index is 0.0211. The highest BCUT2D eigenvalue weighted by molar-refractivity contribution is 5.78. The highest BCUT2D eigenvalue weighted by atomic mass is 16.5. The number of rotatable bonds is 6. The molecular weight excluding hydrogens is 318 g/mol. The van der Waals surface area contributed by atoms with Crippen LogP contribution >= 0.6 is 0 Å². The largest absolute Gasteiger partial charge is 0.484 e. The fraction of sp³-hybridized carbons (Fsp3) is 0.632. The van der Waals surface area contributed by atoms with Gasteiger partial charge in [0.15, 0.2) is 6.61 Å². The van der Waals surface area contributed by atoms with Crippen LogP contribution in [-0.2, 0) is 11.3 Å². The maximum Gasteiger partial charge on any atom is 0.258 e. The molecule has 0 radical (unpaired) electrons. The molecule has 6 nitrogen and oxygen atoms in total. The second-order valence-corrected chi connectivity index (χ2v) is 7.78. The number of piperazine rings is 1. The summed E-state index contributed by atoms with van der Waals surface area (Å²) in [6, 6.07) is 8.07. The van der Waals surface area contributed by atoms with E-state index in [2.05, 4.69) is 22.2 Å². The number of hydrogen-bond donors (Lipinski definition) is 2. The molecule has 1 aromatic carbocycles. The maximum atomic E-state index is 11.8. The van der Waals surface area contributed by atoms with Crippen LogP contribution in [0.4, 0.5) is 0 Å². The van der Waals surface area contributed by atoms with Gasteiger partial charge in [0.2, 0.25) is 0 Å². The Kier molecular flexibility index (Phi) is 6.81. The summed E-state index contributed by atoms with van der Waals surface area (Å²) >= 11 is 0. The van der Waals surface area contributed by atoms with Gasteiger partial charge in [0.05, 0.1) is 6.61 Å². The van der Waals surface area contributed by atoms with Gasteiger partial charge in [0.25, 0.3) is 5.91 Å². The Hall–Kier alpha value is -1.63. The minimum atomic E-state index is -0.251. The maximum absolute atomic E-state index is 11.8. The smallest absolute Gasteiger partial charge is 0.258 e. The topological polar surface area (TPSA) is 65.0 Å². The Morgan fingerprint density at radius 3 is 2.56 bits per heavy atom. The number of aliphatic hydroxyl groups excluding tert-OH is 1. The molecule has 1 aliphatic rings. The number of carbonyl (C=O) groups excluding carboxylic acids is 1. The van der Waals surface area contributed by atoms with Gasteiger partial charge in [0.1, 0.15) is 5.75 Å². The highest BCUT2D eigenvalue weighted by Crippen LogP contribution is 2.16. The van der Waals surface area contributed by atoms with Gasteiger partial charge in [-0.3, -0.25) is 14.6 Å². The van der Waals surface area contributed by atoms with E-state index >= 15 is 0 Å². The Morgan fingerprint density at radius 2 is 1.96 bits per heavy atom. The Morgan fingerprint density at radius 1 is 1.28 bits per heavy atom. The third-order valence-corrected chi connectivity index (χ3v) is 4.29. The quantitative estimate of drug-likeness (QED) is 0.805. The van der Waals surface area contributed by atoms with Crippen molar-refractivity contribution in [3.63, 3.8) is 0 Å². The molecule has 140 valence electrons. The SMILES string of the molecule is CN1CCN(Cc2ccc(OCC(=O)NC(C)(C)C)cc2)C[C@@H]1CO. The fourth-order valence-electron chi connectivity index (χ4n) is 2.90. The van der Waals surface area contributed by atoms with Gasteiger partial charge in [-0.1, -0.05) is 12.1 Å². The molecule has 0 bridgehead atoms. The Labute approximate surface area is 150 Å². The number of likely N-dealkylation sites (N-methyl/N-ethyl adjacent to an activating group) is 1. The highest BCUT2D eigenvalue weighted by Gasteiger charge is 2.23. The van der Waals surface area contributed by atoms with E-state index in [0.717, 1.165) is 26.2 Å². The summed E-state index contributed by atoms with van der Waals surface area (Å²) in [4.78, 5) is 16.3. The number of hydrogen-bond acceptors (Lipinski definition) is 5. The number of amides is 1. The second kappa shape index (κ2) is 8.65. The molecule has 1 fully saturated rings. The van der Waals surface area contributed by atoms with E-state index in [1.165, 1.54) is 5.56 Å². The lowest BCUT2D eigenvalue weighted by molar-refractivity contribution is -0.124. The third kappa shape index (κ3) is 6.65. The molecule has 25 heavy (non-hydrogen) atoms. The molecule has 0 saturated carbocycles. The van der Waals surface area contributed by atoms with Crippen molar-refractivity contribution in [2.24, 2.45) is 0 Å². The number of carbonyl (C=O) groups is 1. The van der Waals surface area contributed by atoms with Crippen molar-refractivity contribution >= 4 is 5.91 Å². The van der Waals surface area contributed by atoms with Crippen LogP contribution < -0.4 is 10.1 Å². The van der Waals surface area contributed by atoms with Crippen molar-refractivity contribution in [1.29, 1.82) is 0 Å². The van der Waals surface area contributed by atoms with Crippen LogP contribution in [-0.4, -0.2) is 72.3 Å². The van der Waals surface area contributed by atoms with Crippen molar-refractivity contribution in [3.8, 4) is 5.75 Å². The average Bonchev–Trinajstić information content (AvgIpc) is 2.54. The van der Waals surface area contributed by atoms with Crippen LogP contribution in [0.2, 0.25) is 0 Å². The van der Waals surface area contributed by atoms with E-state index in [-0.39, 0.29) is 30.7 Å². The summed E-state index contributed by atoms with van der Waals surface area (Å²) in [6.07, 6.45) is 0. The first-order valence-corrected chi connectivity index (χ1v) is 8.83. The predicted molar refractivity (Wildman–Crippen MR) is 98.6 cm³/mol. The standard InChI is InChI=1S/C19H31N3O3/c1-19(2,3)20-18(24)14-25-17-7-5-15(6-8-17)11-22-10-9-21(4)16(12-22)13-23/h5-8,16,23H,9-14H2,1-4H3,(H,20,24)/t16-/m1/s1. The summed E-state index contributed by atoms with van der Waals surface area (Å²) in [6.45, 7) is 9.74. The van der Waals surface area contributed by atoms with Gasteiger partial charge >= 0.3 is 0 Å². The van der Waals surface area contributed by atoms with E-state index in [1.807, 2.05) is 45.0 Å². The number of aliphatic hydroxyl groups is 1. The lowest BCUT2D eigenvalue weighted by Crippen LogP contribution is -2.52. The zero-order valence-corrected chi connectivity index (χ0v) is 15.8. The van der Waals surface area contributed by atoms with E-state index in [0.29, 0.717) is 5.75 Å². The molecule has 2 rings (SSSR count). The van der Waals surface area contributed by atoms with E-state index in [9.17, 15) is 9.90 Å². The van der Waals surface area contributed by atoms with Gasteiger partial charge in [-0.05, 0) is 45.5 Å². The first kappa shape index (κ1) is 19.7. The third-order valence-electron chi connectivity index (χ3n) is 4.29. The van der Waals surface area contributed by atoms with E-state index in [1.54, 1.807) is 0 Å². The summed E-state index contributed by atoms with van der Waals surface area (Å²) in [5, 5.41) is 12.3. The lowest BCUT2D eigenvalue weighted by Gasteiger charge is -2.38. The zero-order chi connectivity index (χ0) is 18.4. The van der Waals surface area contributed by atoms with Gasteiger partial charge in [-0.2, -0.15) is 0 Å². The summed E-state index contributed by atoms with van der Waals surface area (Å²) < 4.78 is 5.54. The number of nitrogens with zero attached hydrogens (tertiary/aromatic N) is 2. The van der Waals surface area contributed by atoms with Crippen LogP contribution in [0, 0.1) is 0 Å². The zero-order valence-electron chi connectivity index (χ0n) is 15.8. The molecule has 1 aliphatic heterocycles. The molecule has 0 spiro atoms. The molecule has 0 aliphatic carbocycles. The van der Waals surface area contributed by atoms with Crippen molar-refractivity contribution in [1.82, 2.24) is 15.1 Å². The number of nitrogens with one attached hydrogen (secondary N) is 1. The molecule has 2 N–H and O–H groups in total. The Bertz CT molecular complexity index is 554. The molecule has 1 heterocycles. The van der Waals surface area contributed by atoms with Crippen LogP contribution in [0.5, 0.6) is 5.75 Å². The molecule has 1 saturated heterocycles. The van der Waals surface area contributed by atoms with Crippen molar-refractivity contribution in [3.05, 3.63) is 29.8 Å². The fourth-order valence-corrected chi connectivity index (χ4v) is 2.90. The number of benzene rings is 1. The van der Waals surface area contributed by atoms with Gasteiger partial charge in [-0.15, -0.1) is 0 Å². The second-order valence-electron chi connectivity index (χ2n) is 7.78. The van der Waals surface area contributed by atoms with E-state index in [4.69, 9.17) is 4.74 Å². The first-order valence-electron chi connectivity index (χ1n) is 8.83. The van der Waals surface area contributed by atoms with Crippen LogP contribution in [0.25, 0.3) is 0 Å². The number of ether oxygens (including phenoxy) is 1. The van der Waals surface area contributed by atoms with Crippen LogP contribution in [0.15, 0.2) is 24.3 Å². The lowest BCUT2D eigenvalue weighted by atomic mass is 10.1. The summed E-state index contributed by atoms with van der Waals surface area (Å²) in [7, 11) is 2.06. The molecular formula is C19H31N3O3. The van der Waals surface area contributed by atoms with Gasteiger partial charge in [0, 0.05) is 37.8 Å². The van der Waals surface area contributed by atoms with Crippen molar-refractivity contribution in [2.75, 3.05) is 39.9 Å². The molecule has 6 heteroatoms. The van der Waals surface area contributed by atoms with Gasteiger partial charge in [-0.25, -0.2) is 0 Å². The molecule has 0 unspecified atom stereocenters. The molecule has 1 aromatic rings. The first-order chi connectivity index (χ1) is 11.8. The van der Waals surface area contributed by atoms with Crippen molar-refractivity contribution in [2.45, 2.75) is 38.9 Å². The molecule has 0 aromatic heterocycles. The molecule has 1 atom stereocenters. The molecule has 1 amide bonds. The van der Waals surface area contributed by atoms with Gasteiger partial charge < -0.3 is 15.2 Å². The predicted octanol–water partition coefficient (Wildman–Crippen LogP) is 1.09. The van der Waals surface area contributed by atoms with Crippen molar-refractivity contribution < 1.29 is 14.6 Å². The Balaban J connectivity index is 1.81. The normalized spacial score (nSPS) is 19.6. The minimum Gasteiger partial charge on any atom is -0.484 e. The summed E-state index contributed by atoms with van der Waals surface area (Å²) in [5.74, 6) is 0.573. The van der Waals surface area contributed by atoms with Crippen LogP contribution in [0.1, 0.15) is 26.3 Å². The summed E-state index contributed by atoms with van der Waals surface area (Å²) in [5.41, 5.74) is 0.951. The monoisotopic (exact) mass is 349 g/mol. The van der Waals surface area contributed by atoms with E-state index < -0.39 is 0 Å².